The molecule has 2 heteroatoms. The van der Waals surface area contributed by atoms with Crippen LogP contribution in [0, 0.1) is 5.41 Å². The maximum absolute atomic E-state index is 9.66. The zero-order chi connectivity index (χ0) is 8.32. The fourth-order valence-corrected chi connectivity index (χ4v) is 1.81. The van der Waals surface area contributed by atoms with Gasteiger partial charge in [0.25, 0.3) is 0 Å². The molecule has 0 unspecified atom stereocenters. The van der Waals surface area contributed by atoms with Crippen LogP contribution in [0.4, 0.5) is 0 Å². The van der Waals surface area contributed by atoms with Gasteiger partial charge < -0.3 is 10.2 Å². The maximum atomic E-state index is 9.66. The van der Waals surface area contributed by atoms with Gasteiger partial charge in [0.05, 0.1) is 12.7 Å². The molecule has 0 aliphatic heterocycles. The van der Waals surface area contributed by atoms with Crippen molar-refractivity contribution in [3.63, 3.8) is 0 Å². The summed E-state index contributed by atoms with van der Waals surface area (Å²) in [5.41, 5.74) is -0.115. The van der Waals surface area contributed by atoms with Crippen LogP contribution in [0.15, 0.2) is 0 Å². The van der Waals surface area contributed by atoms with Crippen molar-refractivity contribution in [1.82, 2.24) is 0 Å². The lowest BCUT2D eigenvalue weighted by molar-refractivity contribution is -0.0745. The van der Waals surface area contributed by atoms with E-state index in [1.165, 1.54) is 6.42 Å². The molecule has 1 aliphatic rings. The van der Waals surface area contributed by atoms with Crippen molar-refractivity contribution in [2.24, 2.45) is 5.41 Å². The van der Waals surface area contributed by atoms with Gasteiger partial charge in [-0.2, -0.15) is 0 Å². The number of hydrogen-bond acceptors (Lipinski definition) is 2. The van der Waals surface area contributed by atoms with E-state index in [9.17, 15) is 5.11 Å². The molecular formula is C9H18O2. The minimum Gasteiger partial charge on any atom is -0.396 e. The molecule has 0 aromatic rings. The Kier molecular flexibility index (Phi) is 2.90. The highest BCUT2D eigenvalue weighted by molar-refractivity contribution is 4.92. The van der Waals surface area contributed by atoms with Crippen molar-refractivity contribution in [3.05, 3.63) is 0 Å². The summed E-state index contributed by atoms with van der Waals surface area (Å²) >= 11 is 0. The molecule has 0 aromatic heterocycles. The second-order valence-corrected chi connectivity index (χ2v) is 3.68. The molecule has 11 heavy (non-hydrogen) atoms. The van der Waals surface area contributed by atoms with Gasteiger partial charge in [-0.3, -0.25) is 0 Å². The van der Waals surface area contributed by atoms with Crippen molar-refractivity contribution in [2.45, 2.75) is 45.1 Å². The van der Waals surface area contributed by atoms with Crippen LogP contribution in [0.2, 0.25) is 0 Å². The van der Waals surface area contributed by atoms with Crippen LogP contribution in [-0.2, 0) is 0 Å². The fraction of sp³-hybridized carbons (Fsp3) is 1.00. The Labute approximate surface area is 68.2 Å². The summed E-state index contributed by atoms with van der Waals surface area (Å²) in [5, 5.41) is 18.7. The second-order valence-electron chi connectivity index (χ2n) is 3.68. The van der Waals surface area contributed by atoms with Crippen LogP contribution < -0.4 is 0 Å². The Morgan fingerprint density at radius 1 is 1.45 bits per heavy atom. The van der Waals surface area contributed by atoms with Gasteiger partial charge in [-0.1, -0.05) is 19.8 Å². The topological polar surface area (TPSA) is 40.5 Å². The third-order valence-electron chi connectivity index (χ3n) is 2.93. The van der Waals surface area contributed by atoms with Gasteiger partial charge in [-0.15, -0.1) is 0 Å². The monoisotopic (exact) mass is 158 g/mol. The molecule has 1 saturated carbocycles. The van der Waals surface area contributed by atoms with Crippen LogP contribution >= 0.6 is 0 Å². The molecule has 2 nitrogen and oxygen atoms in total. The SMILES string of the molecule is CCC[C@H](O)C1(CO)CCC1. The Bertz CT molecular complexity index is 113. The normalized spacial score (nSPS) is 24.3. The minimum atomic E-state index is -0.272. The largest absolute Gasteiger partial charge is 0.396 e. The standard InChI is InChI=1S/C9H18O2/c1-2-4-8(11)9(7-10)5-3-6-9/h8,10-11H,2-7H2,1H3/t8-/m0/s1. The van der Waals surface area contributed by atoms with Gasteiger partial charge in [-0.25, -0.2) is 0 Å². The summed E-state index contributed by atoms with van der Waals surface area (Å²) in [4.78, 5) is 0. The molecule has 1 rings (SSSR count). The van der Waals surface area contributed by atoms with Crippen molar-refractivity contribution < 1.29 is 10.2 Å². The van der Waals surface area contributed by atoms with Crippen molar-refractivity contribution in [3.8, 4) is 0 Å². The first-order valence-corrected chi connectivity index (χ1v) is 4.54. The van der Waals surface area contributed by atoms with Gasteiger partial charge in [0, 0.05) is 5.41 Å². The number of hydrogen-bond donors (Lipinski definition) is 2. The van der Waals surface area contributed by atoms with Gasteiger partial charge in [0.15, 0.2) is 0 Å². The third kappa shape index (κ3) is 1.57. The lowest BCUT2D eigenvalue weighted by Crippen LogP contribution is -2.44. The summed E-state index contributed by atoms with van der Waals surface area (Å²) in [6.07, 6.45) is 4.74. The lowest BCUT2D eigenvalue weighted by Gasteiger charge is -2.44. The van der Waals surface area contributed by atoms with Crippen molar-refractivity contribution in [1.29, 1.82) is 0 Å². The van der Waals surface area contributed by atoms with E-state index in [-0.39, 0.29) is 18.1 Å². The van der Waals surface area contributed by atoms with E-state index >= 15 is 0 Å². The molecule has 0 amide bonds. The molecular weight excluding hydrogens is 140 g/mol. The molecule has 1 fully saturated rings. The Morgan fingerprint density at radius 3 is 2.36 bits per heavy atom. The predicted molar refractivity (Wildman–Crippen MR) is 44.3 cm³/mol. The average molecular weight is 158 g/mol. The number of rotatable bonds is 4. The lowest BCUT2D eigenvalue weighted by atomic mass is 9.65. The Balaban J connectivity index is 2.40. The first-order valence-electron chi connectivity index (χ1n) is 4.54. The quantitative estimate of drug-likeness (QED) is 0.647. The molecule has 0 heterocycles. The maximum Gasteiger partial charge on any atom is 0.0618 e. The Hall–Kier alpha value is -0.0800. The summed E-state index contributed by atoms with van der Waals surface area (Å²) in [6.45, 7) is 2.22. The van der Waals surface area contributed by atoms with Gasteiger partial charge in [0.2, 0.25) is 0 Å². The van der Waals surface area contributed by atoms with E-state index in [2.05, 4.69) is 6.92 Å². The van der Waals surface area contributed by atoms with Crippen LogP contribution in [0.1, 0.15) is 39.0 Å². The smallest absolute Gasteiger partial charge is 0.0618 e. The van der Waals surface area contributed by atoms with Gasteiger partial charge in [-0.05, 0) is 19.3 Å². The average Bonchev–Trinajstić information content (AvgIpc) is 1.87. The Morgan fingerprint density at radius 2 is 2.09 bits per heavy atom. The second kappa shape index (κ2) is 3.55. The van der Waals surface area contributed by atoms with E-state index in [0.29, 0.717) is 0 Å². The van der Waals surface area contributed by atoms with E-state index in [4.69, 9.17) is 5.11 Å². The van der Waals surface area contributed by atoms with Crippen LogP contribution in [0.3, 0.4) is 0 Å². The summed E-state index contributed by atoms with van der Waals surface area (Å²) in [7, 11) is 0. The highest BCUT2D eigenvalue weighted by Gasteiger charge is 2.42. The summed E-state index contributed by atoms with van der Waals surface area (Å²) < 4.78 is 0. The molecule has 1 aliphatic carbocycles. The third-order valence-corrected chi connectivity index (χ3v) is 2.93. The zero-order valence-corrected chi connectivity index (χ0v) is 7.21. The molecule has 1 atom stereocenters. The molecule has 0 bridgehead atoms. The van der Waals surface area contributed by atoms with Gasteiger partial charge in [0.1, 0.15) is 0 Å². The molecule has 0 spiro atoms. The van der Waals surface area contributed by atoms with E-state index < -0.39 is 0 Å². The van der Waals surface area contributed by atoms with E-state index in [1.54, 1.807) is 0 Å². The summed E-state index contributed by atoms with van der Waals surface area (Å²) in [5.74, 6) is 0. The number of aliphatic hydroxyl groups is 2. The van der Waals surface area contributed by atoms with Crippen LogP contribution in [0.25, 0.3) is 0 Å². The molecule has 0 radical (unpaired) electrons. The molecule has 0 saturated heterocycles. The first kappa shape index (κ1) is 9.01. The van der Waals surface area contributed by atoms with Gasteiger partial charge >= 0.3 is 0 Å². The van der Waals surface area contributed by atoms with E-state index in [1.807, 2.05) is 0 Å². The van der Waals surface area contributed by atoms with Crippen LogP contribution in [0.5, 0.6) is 0 Å². The molecule has 0 aromatic carbocycles. The summed E-state index contributed by atoms with van der Waals surface area (Å²) in [6, 6.07) is 0. The first-order chi connectivity index (χ1) is 5.25. The van der Waals surface area contributed by atoms with Crippen molar-refractivity contribution in [2.75, 3.05) is 6.61 Å². The van der Waals surface area contributed by atoms with E-state index in [0.717, 1.165) is 25.7 Å². The fourth-order valence-electron chi connectivity index (χ4n) is 1.81. The van der Waals surface area contributed by atoms with Crippen molar-refractivity contribution >= 4 is 0 Å². The highest BCUT2D eigenvalue weighted by Crippen LogP contribution is 2.44. The number of aliphatic hydroxyl groups excluding tert-OH is 2. The highest BCUT2D eigenvalue weighted by atomic mass is 16.3. The predicted octanol–water partition coefficient (Wildman–Crippen LogP) is 1.31. The zero-order valence-electron chi connectivity index (χ0n) is 7.21. The minimum absolute atomic E-state index is 0.115. The molecule has 66 valence electrons. The molecule has 2 N–H and O–H groups in total. The van der Waals surface area contributed by atoms with Crippen LogP contribution in [-0.4, -0.2) is 22.9 Å².